The Bertz CT molecular complexity index is 79.1. The summed E-state index contributed by atoms with van der Waals surface area (Å²) in [5.41, 5.74) is 0. The highest BCUT2D eigenvalue weighted by molar-refractivity contribution is 7.99. The van der Waals surface area contributed by atoms with E-state index in [1.54, 1.807) is 0 Å². The van der Waals surface area contributed by atoms with E-state index in [0.29, 0.717) is 0 Å². The average molecular weight is 146 g/mol. The average Bonchev–Trinajstić information content (AvgIpc) is 2.15. The molecular formula is C6H14N2S. The van der Waals surface area contributed by atoms with Crippen LogP contribution in [-0.2, 0) is 0 Å². The van der Waals surface area contributed by atoms with Gasteiger partial charge in [0.25, 0.3) is 0 Å². The molecular weight excluding hydrogens is 132 g/mol. The molecule has 3 heteroatoms. The molecule has 0 spiro atoms. The molecule has 54 valence electrons. The minimum absolute atomic E-state index is 0.727. The molecule has 1 rings (SSSR count). The minimum atomic E-state index is 0.727. The van der Waals surface area contributed by atoms with E-state index in [4.69, 9.17) is 0 Å². The third kappa shape index (κ3) is 2.56. The van der Waals surface area contributed by atoms with Gasteiger partial charge in [-0.2, -0.15) is 0 Å². The van der Waals surface area contributed by atoms with Crippen LogP contribution in [0.1, 0.15) is 0 Å². The van der Waals surface area contributed by atoms with Gasteiger partial charge >= 0.3 is 0 Å². The lowest BCUT2D eigenvalue weighted by Crippen LogP contribution is -2.34. The lowest BCUT2D eigenvalue weighted by molar-refractivity contribution is 0.366. The highest BCUT2D eigenvalue weighted by atomic mass is 32.2. The Balaban J connectivity index is 2.11. The number of rotatable bonds is 2. The van der Waals surface area contributed by atoms with E-state index in [0.717, 1.165) is 11.9 Å². The standard InChI is InChI=1S/C6H14N2S/c1-8(2)3-6-4-9-5-7-6/h6-7H,3-5H2,1-2H3. The summed E-state index contributed by atoms with van der Waals surface area (Å²) >= 11 is 1.99. The molecule has 0 amide bonds. The van der Waals surface area contributed by atoms with Crippen molar-refractivity contribution >= 4 is 11.8 Å². The summed E-state index contributed by atoms with van der Waals surface area (Å²) in [7, 11) is 4.23. The topological polar surface area (TPSA) is 15.3 Å². The second-order valence-electron chi connectivity index (χ2n) is 2.68. The molecule has 0 saturated carbocycles. The number of likely N-dealkylation sites (N-methyl/N-ethyl adjacent to an activating group) is 1. The summed E-state index contributed by atoms with van der Waals surface area (Å²) in [4.78, 5) is 2.23. The molecule has 1 heterocycles. The molecule has 1 unspecified atom stereocenters. The first-order valence-corrected chi connectivity index (χ1v) is 4.40. The van der Waals surface area contributed by atoms with E-state index in [-0.39, 0.29) is 0 Å². The van der Waals surface area contributed by atoms with Crippen LogP contribution in [0, 0.1) is 0 Å². The SMILES string of the molecule is CN(C)CC1CSCN1. The zero-order chi connectivity index (χ0) is 6.69. The summed E-state index contributed by atoms with van der Waals surface area (Å²) in [5.74, 6) is 2.41. The van der Waals surface area contributed by atoms with Crippen LogP contribution in [0.5, 0.6) is 0 Å². The molecule has 1 fully saturated rings. The number of nitrogens with one attached hydrogen (secondary N) is 1. The van der Waals surface area contributed by atoms with Crippen molar-refractivity contribution in [2.75, 3.05) is 32.3 Å². The molecule has 0 radical (unpaired) electrons. The Labute approximate surface area is 61.0 Å². The molecule has 2 nitrogen and oxygen atoms in total. The van der Waals surface area contributed by atoms with Crippen LogP contribution < -0.4 is 5.32 Å². The maximum atomic E-state index is 3.41. The van der Waals surface area contributed by atoms with Crippen molar-refractivity contribution in [1.29, 1.82) is 0 Å². The van der Waals surface area contributed by atoms with E-state index in [1.165, 1.54) is 12.3 Å². The van der Waals surface area contributed by atoms with Gasteiger partial charge in [-0.05, 0) is 14.1 Å². The number of hydrogen-bond donors (Lipinski definition) is 1. The first-order chi connectivity index (χ1) is 4.29. The molecule has 1 saturated heterocycles. The lowest BCUT2D eigenvalue weighted by Gasteiger charge is -2.14. The van der Waals surface area contributed by atoms with Gasteiger partial charge in [0, 0.05) is 24.2 Å². The van der Waals surface area contributed by atoms with Crippen molar-refractivity contribution in [1.82, 2.24) is 10.2 Å². The predicted molar refractivity (Wildman–Crippen MR) is 42.8 cm³/mol. The number of thioether (sulfide) groups is 1. The van der Waals surface area contributed by atoms with Crippen LogP contribution in [0.2, 0.25) is 0 Å². The fraction of sp³-hybridized carbons (Fsp3) is 1.00. The Morgan fingerprint density at radius 3 is 2.89 bits per heavy atom. The van der Waals surface area contributed by atoms with Crippen molar-refractivity contribution in [2.24, 2.45) is 0 Å². The smallest absolute Gasteiger partial charge is 0.0421 e. The van der Waals surface area contributed by atoms with Crippen LogP contribution in [0.25, 0.3) is 0 Å². The highest BCUT2D eigenvalue weighted by Crippen LogP contribution is 2.09. The fourth-order valence-electron chi connectivity index (χ4n) is 0.995. The van der Waals surface area contributed by atoms with E-state index in [1.807, 2.05) is 11.8 Å². The monoisotopic (exact) mass is 146 g/mol. The first-order valence-electron chi connectivity index (χ1n) is 3.25. The van der Waals surface area contributed by atoms with Crippen molar-refractivity contribution < 1.29 is 0 Å². The number of nitrogens with zero attached hydrogens (tertiary/aromatic N) is 1. The van der Waals surface area contributed by atoms with Crippen LogP contribution in [-0.4, -0.2) is 43.2 Å². The van der Waals surface area contributed by atoms with E-state index in [9.17, 15) is 0 Å². The normalized spacial score (nSPS) is 27.7. The molecule has 0 aromatic rings. The molecule has 1 N–H and O–H groups in total. The van der Waals surface area contributed by atoms with Crippen LogP contribution in [0.3, 0.4) is 0 Å². The fourth-order valence-corrected chi connectivity index (χ4v) is 1.97. The molecule has 0 aliphatic carbocycles. The third-order valence-electron chi connectivity index (χ3n) is 1.38. The van der Waals surface area contributed by atoms with Crippen LogP contribution in [0.15, 0.2) is 0 Å². The second kappa shape index (κ2) is 3.44. The van der Waals surface area contributed by atoms with Crippen molar-refractivity contribution in [3.63, 3.8) is 0 Å². The molecule has 0 bridgehead atoms. The van der Waals surface area contributed by atoms with Gasteiger partial charge in [-0.25, -0.2) is 0 Å². The summed E-state index contributed by atoms with van der Waals surface area (Å²) in [5, 5.41) is 3.41. The van der Waals surface area contributed by atoms with Crippen molar-refractivity contribution in [2.45, 2.75) is 6.04 Å². The molecule has 0 aromatic heterocycles. The van der Waals surface area contributed by atoms with Gasteiger partial charge in [0.1, 0.15) is 0 Å². The first kappa shape index (κ1) is 7.38. The van der Waals surface area contributed by atoms with Gasteiger partial charge in [-0.3, -0.25) is 0 Å². The lowest BCUT2D eigenvalue weighted by atomic mass is 10.3. The minimum Gasteiger partial charge on any atom is -0.308 e. The zero-order valence-corrected chi connectivity index (χ0v) is 6.87. The van der Waals surface area contributed by atoms with E-state index < -0.39 is 0 Å². The van der Waals surface area contributed by atoms with Gasteiger partial charge in [0.05, 0.1) is 0 Å². The van der Waals surface area contributed by atoms with Crippen LogP contribution >= 0.6 is 11.8 Å². The van der Waals surface area contributed by atoms with Gasteiger partial charge in [0.2, 0.25) is 0 Å². The second-order valence-corrected chi connectivity index (χ2v) is 3.71. The van der Waals surface area contributed by atoms with E-state index >= 15 is 0 Å². The largest absolute Gasteiger partial charge is 0.308 e. The van der Waals surface area contributed by atoms with Crippen LogP contribution in [0.4, 0.5) is 0 Å². The molecule has 0 aromatic carbocycles. The molecule has 9 heavy (non-hydrogen) atoms. The molecule has 1 aliphatic heterocycles. The third-order valence-corrected chi connectivity index (χ3v) is 2.39. The van der Waals surface area contributed by atoms with E-state index in [2.05, 4.69) is 24.3 Å². The zero-order valence-electron chi connectivity index (χ0n) is 6.05. The summed E-state index contributed by atoms with van der Waals surface area (Å²) in [6.07, 6.45) is 0. The van der Waals surface area contributed by atoms with Gasteiger partial charge in [0.15, 0.2) is 0 Å². The quantitative estimate of drug-likeness (QED) is 0.599. The Kier molecular flexibility index (Phi) is 2.82. The predicted octanol–water partition coefficient (Wildman–Crippen LogP) is 0.210. The Morgan fingerprint density at radius 2 is 2.44 bits per heavy atom. The van der Waals surface area contributed by atoms with Gasteiger partial charge < -0.3 is 10.2 Å². The summed E-state index contributed by atoms with van der Waals surface area (Å²) in [6.45, 7) is 1.17. The van der Waals surface area contributed by atoms with Gasteiger partial charge in [-0.15, -0.1) is 11.8 Å². The maximum Gasteiger partial charge on any atom is 0.0421 e. The molecule has 1 atom stereocenters. The molecule has 1 aliphatic rings. The maximum absolute atomic E-state index is 3.41. The highest BCUT2D eigenvalue weighted by Gasteiger charge is 2.13. The Morgan fingerprint density at radius 1 is 1.67 bits per heavy atom. The van der Waals surface area contributed by atoms with Crippen molar-refractivity contribution in [3.8, 4) is 0 Å². The number of hydrogen-bond acceptors (Lipinski definition) is 3. The summed E-state index contributed by atoms with van der Waals surface area (Å²) in [6, 6.07) is 0.727. The Hall–Kier alpha value is 0.270. The summed E-state index contributed by atoms with van der Waals surface area (Å²) < 4.78 is 0. The van der Waals surface area contributed by atoms with Gasteiger partial charge in [-0.1, -0.05) is 0 Å². The van der Waals surface area contributed by atoms with Crippen molar-refractivity contribution in [3.05, 3.63) is 0 Å².